The summed E-state index contributed by atoms with van der Waals surface area (Å²) in [6, 6.07) is 7.77. The van der Waals surface area contributed by atoms with E-state index in [-0.39, 0.29) is 17.8 Å². The molecule has 1 aromatic heterocycles. The summed E-state index contributed by atoms with van der Waals surface area (Å²) < 4.78 is 18.2. The van der Waals surface area contributed by atoms with Gasteiger partial charge in [0.1, 0.15) is 11.6 Å². The van der Waals surface area contributed by atoms with Crippen molar-refractivity contribution in [3.8, 4) is 0 Å². The molecule has 1 amide bonds. The highest BCUT2D eigenvalue weighted by atomic mass is 19.1. The van der Waals surface area contributed by atoms with Gasteiger partial charge in [0.2, 0.25) is 0 Å². The van der Waals surface area contributed by atoms with Gasteiger partial charge >= 0.3 is 0 Å². The molecular formula is C15H16FNO2. The maximum atomic E-state index is 13.0. The van der Waals surface area contributed by atoms with Crippen molar-refractivity contribution in [2.45, 2.75) is 26.3 Å². The van der Waals surface area contributed by atoms with Gasteiger partial charge in [-0.3, -0.25) is 4.79 Å². The number of furan rings is 1. The molecule has 0 aliphatic carbocycles. The van der Waals surface area contributed by atoms with E-state index in [1.54, 1.807) is 13.2 Å². The summed E-state index contributed by atoms with van der Waals surface area (Å²) in [5, 5.41) is 2.87. The molecule has 4 heteroatoms. The summed E-state index contributed by atoms with van der Waals surface area (Å²) in [5.74, 6) is 0.290. The van der Waals surface area contributed by atoms with Crippen LogP contribution >= 0.6 is 0 Å². The van der Waals surface area contributed by atoms with Crippen LogP contribution in [0.5, 0.6) is 0 Å². The molecule has 2 rings (SSSR count). The lowest BCUT2D eigenvalue weighted by molar-refractivity contribution is 0.0938. The summed E-state index contributed by atoms with van der Waals surface area (Å²) in [4.78, 5) is 12.1. The molecule has 1 unspecified atom stereocenters. The molecule has 0 saturated heterocycles. The van der Waals surface area contributed by atoms with Crippen molar-refractivity contribution in [1.29, 1.82) is 0 Å². The maximum Gasteiger partial charge on any atom is 0.251 e. The number of aryl methyl sites for hydroxylation is 1. The molecule has 0 saturated carbocycles. The lowest BCUT2D eigenvalue weighted by atomic mass is 10.1. The van der Waals surface area contributed by atoms with E-state index in [4.69, 9.17) is 4.42 Å². The number of hydrogen-bond donors (Lipinski definition) is 1. The van der Waals surface area contributed by atoms with Crippen LogP contribution in [0.2, 0.25) is 0 Å². The van der Waals surface area contributed by atoms with Crippen LogP contribution in [0.3, 0.4) is 0 Å². The monoisotopic (exact) mass is 261 g/mol. The van der Waals surface area contributed by atoms with Crippen LogP contribution in [0.25, 0.3) is 0 Å². The average Bonchev–Trinajstić information content (AvgIpc) is 2.81. The second kappa shape index (κ2) is 5.69. The molecular weight excluding hydrogens is 245 g/mol. The second-order valence-electron chi connectivity index (χ2n) is 4.62. The van der Waals surface area contributed by atoms with Crippen LogP contribution in [-0.2, 0) is 6.42 Å². The van der Waals surface area contributed by atoms with Gasteiger partial charge < -0.3 is 9.73 Å². The fraction of sp³-hybridized carbons (Fsp3) is 0.267. The lowest BCUT2D eigenvalue weighted by Gasteiger charge is -2.13. The largest absolute Gasteiger partial charge is 0.469 e. The lowest BCUT2D eigenvalue weighted by Crippen LogP contribution is -2.34. The van der Waals surface area contributed by atoms with E-state index in [0.29, 0.717) is 17.5 Å². The number of carbonyl (C=O) groups excluding carboxylic acids is 1. The Labute approximate surface area is 111 Å². The molecule has 0 aliphatic heterocycles. The standard InChI is InChI=1S/C15H16FNO2/c1-10-8-12(16)5-6-14(10)15(18)17-11(2)9-13-4-3-7-19-13/h3-8,11H,9H2,1-2H3,(H,17,18). The zero-order valence-corrected chi connectivity index (χ0v) is 10.9. The van der Waals surface area contributed by atoms with Gasteiger partial charge in [-0.1, -0.05) is 0 Å². The zero-order chi connectivity index (χ0) is 13.8. The first-order chi connectivity index (χ1) is 9.06. The number of hydrogen-bond acceptors (Lipinski definition) is 2. The van der Waals surface area contributed by atoms with Crippen LogP contribution in [0.4, 0.5) is 4.39 Å². The molecule has 3 nitrogen and oxygen atoms in total. The van der Waals surface area contributed by atoms with Gasteiger partial charge in [0.05, 0.1) is 6.26 Å². The zero-order valence-electron chi connectivity index (χ0n) is 10.9. The Morgan fingerprint density at radius 2 is 2.21 bits per heavy atom. The van der Waals surface area contributed by atoms with Crippen molar-refractivity contribution < 1.29 is 13.6 Å². The van der Waals surface area contributed by atoms with Gasteiger partial charge in [0.25, 0.3) is 5.91 Å². The summed E-state index contributed by atoms with van der Waals surface area (Å²) in [6.07, 6.45) is 2.23. The van der Waals surface area contributed by atoms with Crippen LogP contribution in [-0.4, -0.2) is 11.9 Å². The van der Waals surface area contributed by atoms with Crippen molar-refractivity contribution in [3.05, 3.63) is 59.3 Å². The fourth-order valence-corrected chi connectivity index (χ4v) is 1.96. The molecule has 1 heterocycles. The summed E-state index contributed by atoms with van der Waals surface area (Å²) >= 11 is 0. The predicted molar refractivity (Wildman–Crippen MR) is 70.5 cm³/mol. The molecule has 0 aliphatic rings. The first kappa shape index (κ1) is 13.3. The molecule has 1 aromatic carbocycles. The molecule has 100 valence electrons. The molecule has 0 bridgehead atoms. The molecule has 1 atom stereocenters. The smallest absolute Gasteiger partial charge is 0.251 e. The third-order valence-corrected chi connectivity index (χ3v) is 2.90. The molecule has 2 aromatic rings. The normalized spacial score (nSPS) is 12.2. The van der Waals surface area contributed by atoms with Crippen molar-refractivity contribution in [3.63, 3.8) is 0 Å². The van der Waals surface area contributed by atoms with Crippen LogP contribution in [0, 0.1) is 12.7 Å². The maximum absolute atomic E-state index is 13.0. The minimum atomic E-state index is -0.335. The highest BCUT2D eigenvalue weighted by Crippen LogP contribution is 2.11. The molecule has 1 N–H and O–H groups in total. The van der Waals surface area contributed by atoms with Crippen LogP contribution < -0.4 is 5.32 Å². The number of nitrogens with one attached hydrogen (secondary N) is 1. The van der Waals surface area contributed by atoms with Crippen molar-refractivity contribution in [2.75, 3.05) is 0 Å². The SMILES string of the molecule is Cc1cc(F)ccc1C(=O)NC(C)Cc1ccco1. The van der Waals surface area contributed by atoms with Gasteiger partial charge in [-0.05, 0) is 49.7 Å². The molecule has 19 heavy (non-hydrogen) atoms. The highest BCUT2D eigenvalue weighted by Gasteiger charge is 2.13. The Hall–Kier alpha value is -2.10. The van der Waals surface area contributed by atoms with Gasteiger partial charge in [-0.15, -0.1) is 0 Å². The van der Waals surface area contributed by atoms with E-state index >= 15 is 0 Å². The summed E-state index contributed by atoms with van der Waals surface area (Å²) in [6.45, 7) is 3.62. The van der Waals surface area contributed by atoms with E-state index < -0.39 is 0 Å². The van der Waals surface area contributed by atoms with E-state index in [1.165, 1.54) is 18.2 Å². The number of rotatable bonds is 4. The quantitative estimate of drug-likeness (QED) is 0.919. The Balaban J connectivity index is 2.00. The first-order valence-electron chi connectivity index (χ1n) is 6.15. The Morgan fingerprint density at radius 1 is 1.42 bits per heavy atom. The van der Waals surface area contributed by atoms with E-state index in [2.05, 4.69) is 5.32 Å². The number of halogens is 1. The fourth-order valence-electron chi connectivity index (χ4n) is 1.96. The Morgan fingerprint density at radius 3 is 2.84 bits per heavy atom. The van der Waals surface area contributed by atoms with Crippen molar-refractivity contribution in [2.24, 2.45) is 0 Å². The Bertz CT molecular complexity index is 564. The predicted octanol–water partition coefficient (Wildman–Crippen LogP) is 3.09. The second-order valence-corrected chi connectivity index (χ2v) is 4.62. The van der Waals surface area contributed by atoms with Gasteiger partial charge in [-0.25, -0.2) is 4.39 Å². The Kier molecular flexibility index (Phi) is 4.00. The van der Waals surface area contributed by atoms with Crippen LogP contribution in [0.1, 0.15) is 28.6 Å². The minimum Gasteiger partial charge on any atom is -0.469 e. The van der Waals surface area contributed by atoms with Crippen LogP contribution in [0.15, 0.2) is 41.0 Å². The van der Waals surface area contributed by atoms with Gasteiger partial charge in [0.15, 0.2) is 0 Å². The third kappa shape index (κ3) is 3.44. The van der Waals surface area contributed by atoms with E-state index in [9.17, 15) is 9.18 Å². The average molecular weight is 261 g/mol. The van der Waals surface area contributed by atoms with Crippen molar-refractivity contribution in [1.82, 2.24) is 5.32 Å². The summed E-state index contributed by atoms with van der Waals surface area (Å²) in [7, 11) is 0. The topological polar surface area (TPSA) is 42.2 Å². The minimum absolute atomic E-state index is 0.0527. The first-order valence-corrected chi connectivity index (χ1v) is 6.15. The van der Waals surface area contributed by atoms with Crippen molar-refractivity contribution >= 4 is 5.91 Å². The van der Waals surface area contributed by atoms with Gasteiger partial charge in [-0.2, -0.15) is 0 Å². The van der Waals surface area contributed by atoms with E-state index in [0.717, 1.165) is 5.76 Å². The highest BCUT2D eigenvalue weighted by molar-refractivity contribution is 5.95. The number of benzene rings is 1. The molecule has 0 spiro atoms. The number of amides is 1. The summed E-state index contributed by atoms with van der Waals surface area (Å²) in [5.41, 5.74) is 1.12. The van der Waals surface area contributed by atoms with Gasteiger partial charge in [0, 0.05) is 18.0 Å². The third-order valence-electron chi connectivity index (χ3n) is 2.90. The molecule has 0 fully saturated rings. The number of carbonyl (C=O) groups is 1. The van der Waals surface area contributed by atoms with E-state index in [1.807, 2.05) is 19.1 Å². The molecule has 0 radical (unpaired) electrons.